The summed E-state index contributed by atoms with van der Waals surface area (Å²) in [7, 11) is -7.56. The van der Waals surface area contributed by atoms with Crippen LogP contribution in [0.1, 0.15) is 16.8 Å². The fraction of sp³-hybridized carbons (Fsp3) is 0.350. The highest BCUT2D eigenvalue weighted by Crippen LogP contribution is 2.26. The van der Waals surface area contributed by atoms with Gasteiger partial charge in [-0.15, -0.1) is 0 Å². The first-order valence-corrected chi connectivity index (χ1v) is 13.0. The zero-order valence-electron chi connectivity index (χ0n) is 16.9. The van der Waals surface area contributed by atoms with E-state index in [9.17, 15) is 30.4 Å². The molecule has 2 aromatic carbocycles. The van der Waals surface area contributed by atoms with Crippen molar-refractivity contribution in [2.75, 3.05) is 42.8 Å². The van der Waals surface area contributed by atoms with Gasteiger partial charge in [0, 0.05) is 44.4 Å². The molecule has 2 aliphatic rings. The molecule has 2 saturated heterocycles. The summed E-state index contributed by atoms with van der Waals surface area (Å²) in [6.45, 7) is 0.410. The number of anilines is 1. The number of benzene rings is 2. The Balaban J connectivity index is 1.47. The van der Waals surface area contributed by atoms with E-state index >= 15 is 0 Å². The van der Waals surface area contributed by atoms with Gasteiger partial charge in [0.2, 0.25) is 20.0 Å². The van der Waals surface area contributed by atoms with Crippen molar-refractivity contribution in [3.05, 3.63) is 59.7 Å². The third-order valence-corrected chi connectivity index (χ3v) is 9.32. The summed E-state index contributed by atoms with van der Waals surface area (Å²) in [6, 6.07) is 8.60. The highest BCUT2D eigenvalue weighted by molar-refractivity contribution is 7.93. The second-order valence-corrected chi connectivity index (χ2v) is 11.5. The van der Waals surface area contributed by atoms with Gasteiger partial charge in [0.15, 0.2) is 0 Å². The zero-order chi connectivity index (χ0) is 23.1. The molecule has 1 amide bonds. The summed E-state index contributed by atoms with van der Waals surface area (Å²) in [4.78, 5) is 13.8. The molecule has 0 N–H and O–H groups in total. The molecule has 0 spiro atoms. The highest BCUT2D eigenvalue weighted by atomic mass is 32.2. The fourth-order valence-corrected chi connectivity index (χ4v) is 6.89. The third kappa shape index (κ3) is 4.21. The minimum Gasteiger partial charge on any atom is -0.336 e. The van der Waals surface area contributed by atoms with E-state index in [0.717, 1.165) is 16.4 Å². The zero-order valence-corrected chi connectivity index (χ0v) is 18.6. The quantitative estimate of drug-likeness (QED) is 0.657. The van der Waals surface area contributed by atoms with E-state index in [-0.39, 0.29) is 37.8 Å². The predicted molar refractivity (Wildman–Crippen MR) is 113 cm³/mol. The number of halogens is 2. The smallest absolute Gasteiger partial charge is 0.254 e. The minimum absolute atomic E-state index is 0.0505. The van der Waals surface area contributed by atoms with E-state index in [1.807, 2.05) is 0 Å². The van der Waals surface area contributed by atoms with Crippen molar-refractivity contribution in [1.82, 2.24) is 9.21 Å². The Morgan fingerprint density at radius 2 is 1.66 bits per heavy atom. The van der Waals surface area contributed by atoms with Gasteiger partial charge in [0.05, 0.1) is 11.4 Å². The monoisotopic (exact) mass is 485 g/mol. The molecule has 0 bridgehead atoms. The molecule has 2 fully saturated rings. The molecule has 172 valence electrons. The first kappa shape index (κ1) is 22.6. The summed E-state index contributed by atoms with van der Waals surface area (Å²) in [5.41, 5.74) is 0.715. The van der Waals surface area contributed by atoms with Crippen LogP contribution in [0.4, 0.5) is 14.5 Å². The van der Waals surface area contributed by atoms with Gasteiger partial charge in [-0.1, -0.05) is 6.07 Å². The van der Waals surface area contributed by atoms with E-state index in [1.165, 1.54) is 15.3 Å². The third-order valence-electron chi connectivity index (χ3n) is 5.52. The summed E-state index contributed by atoms with van der Waals surface area (Å²) in [5.74, 6) is -2.33. The normalized spacial score (nSPS) is 19.3. The Bertz CT molecular complexity index is 1260. The van der Waals surface area contributed by atoms with Crippen LogP contribution in [0.15, 0.2) is 47.4 Å². The lowest BCUT2D eigenvalue weighted by atomic mass is 10.1. The summed E-state index contributed by atoms with van der Waals surface area (Å²) >= 11 is 0. The van der Waals surface area contributed by atoms with E-state index in [4.69, 9.17) is 0 Å². The lowest BCUT2D eigenvalue weighted by Gasteiger charge is -2.34. The molecule has 2 aliphatic heterocycles. The topological polar surface area (TPSA) is 95.1 Å². The molecule has 0 atom stereocenters. The van der Waals surface area contributed by atoms with Crippen molar-refractivity contribution < 1.29 is 30.4 Å². The van der Waals surface area contributed by atoms with E-state index in [1.54, 1.807) is 18.2 Å². The van der Waals surface area contributed by atoms with Crippen molar-refractivity contribution in [3.8, 4) is 0 Å². The number of amides is 1. The van der Waals surface area contributed by atoms with Crippen LogP contribution < -0.4 is 4.31 Å². The second kappa shape index (κ2) is 8.41. The molecular formula is C20H21F2N3O5S2. The van der Waals surface area contributed by atoms with Crippen LogP contribution in [0.25, 0.3) is 0 Å². The summed E-state index contributed by atoms with van der Waals surface area (Å²) in [6.07, 6.45) is 0.519. The Morgan fingerprint density at radius 3 is 2.28 bits per heavy atom. The van der Waals surface area contributed by atoms with Gasteiger partial charge in [-0.3, -0.25) is 9.10 Å². The molecule has 0 saturated carbocycles. The number of hydrogen-bond acceptors (Lipinski definition) is 5. The number of sulfonamides is 2. The maximum absolute atomic E-state index is 14.0. The Hall–Kier alpha value is -2.57. The molecule has 2 heterocycles. The van der Waals surface area contributed by atoms with Crippen LogP contribution in [0.2, 0.25) is 0 Å². The van der Waals surface area contributed by atoms with Crippen LogP contribution in [0, 0.1) is 11.6 Å². The number of hydrogen-bond donors (Lipinski definition) is 0. The molecule has 0 aromatic heterocycles. The van der Waals surface area contributed by atoms with E-state index in [0.29, 0.717) is 30.3 Å². The van der Waals surface area contributed by atoms with Crippen LogP contribution in [0.3, 0.4) is 0 Å². The Morgan fingerprint density at radius 1 is 0.938 bits per heavy atom. The predicted octanol–water partition coefficient (Wildman–Crippen LogP) is 1.65. The number of nitrogens with zero attached hydrogens (tertiary/aromatic N) is 3. The highest BCUT2D eigenvalue weighted by Gasteiger charge is 2.33. The van der Waals surface area contributed by atoms with Gasteiger partial charge < -0.3 is 4.90 Å². The van der Waals surface area contributed by atoms with Crippen molar-refractivity contribution in [2.24, 2.45) is 0 Å². The van der Waals surface area contributed by atoms with Crippen molar-refractivity contribution in [1.29, 1.82) is 0 Å². The van der Waals surface area contributed by atoms with Crippen LogP contribution >= 0.6 is 0 Å². The van der Waals surface area contributed by atoms with E-state index in [2.05, 4.69) is 0 Å². The second-order valence-electron chi connectivity index (χ2n) is 7.56. The molecule has 0 unspecified atom stereocenters. The van der Waals surface area contributed by atoms with E-state index < -0.39 is 36.6 Å². The SMILES string of the molecule is O=C(c1cccc(N2CCCS2(=O)=O)c1)N1CCN(S(=O)(=O)c2ccc(F)cc2F)CC1. The van der Waals surface area contributed by atoms with Crippen LogP contribution in [0.5, 0.6) is 0 Å². The van der Waals surface area contributed by atoms with Gasteiger partial charge in [-0.25, -0.2) is 25.6 Å². The lowest BCUT2D eigenvalue weighted by Crippen LogP contribution is -2.50. The largest absolute Gasteiger partial charge is 0.336 e. The molecule has 8 nitrogen and oxygen atoms in total. The molecule has 2 aromatic rings. The number of rotatable bonds is 4. The maximum atomic E-state index is 14.0. The molecule has 4 rings (SSSR count). The number of piperazine rings is 1. The van der Waals surface area contributed by atoms with Crippen molar-refractivity contribution >= 4 is 31.6 Å². The first-order chi connectivity index (χ1) is 15.1. The van der Waals surface area contributed by atoms with Gasteiger partial charge in [-0.05, 0) is 36.8 Å². The van der Waals surface area contributed by atoms with Crippen LogP contribution in [-0.4, -0.2) is 70.4 Å². The molecule has 32 heavy (non-hydrogen) atoms. The van der Waals surface area contributed by atoms with Gasteiger partial charge in [0.25, 0.3) is 5.91 Å². The first-order valence-electron chi connectivity index (χ1n) is 9.94. The fourth-order valence-electron chi connectivity index (χ4n) is 3.86. The average Bonchev–Trinajstić information content (AvgIpc) is 3.12. The molecule has 0 radical (unpaired) electrons. The standard InChI is InChI=1S/C20H21F2N3O5S2/c21-16-5-6-19(18(22)14-16)32(29,30)24-10-8-23(9-11-24)20(26)15-3-1-4-17(13-15)25-7-2-12-31(25,27)28/h1,3-6,13-14H,2,7-12H2. The van der Waals surface area contributed by atoms with Crippen molar-refractivity contribution in [3.63, 3.8) is 0 Å². The Kier molecular flexibility index (Phi) is 5.94. The van der Waals surface area contributed by atoms with Gasteiger partial charge in [-0.2, -0.15) is 4.31 Å². The summed E-state index contributed by atoms with van der Waals surface area (Å²) < 4.78 is 79.2. The molecular weight excluding hydrogens is 464 g/mol. The lowest BCUT2D eigenvalue weighted by molar-refractivity contribution is 0.0697. The number of carbonyl (C=O) groups excluding carboxylic acids is 1. The number of carbonyl (C=O) groups is 1. The molecule has 0 aliphatic carbocycles. The summed E-state index contributed by atoms with van der Waals surface area (Å²) in [5, 5.41) is 0. The Labute approximate surface area is 185 Å². The van der Waals surface area contributed by atoms with Gasteiger partial charge in [0.1, 0.15) is 16.5 Å². The molecule has 12 heteroatoms. The van der Waals surface area contributed by atoms with Gasteiger partial charge >= 0.3 is 0 Å². The maximum Gasteiger partial charge on any atom is 0.254 e. The van der Waals surface area contributed by atoms with Crippen molar-refractivity contribution in [2.45, 2.75) is 11.3 Å². The average molecular weight is 486 g/mol. The van der Waals surface area contributed by atoms with Crippen LogP contribution in [-0.2, 0) is 20.0 Å². The minimum atomic E-state index is -4.17.